The molecule has 0 aliphatic carbocycles. The van der Waals surface area contributed by atoms with E-state index in [1.165, 1.54) is 0 Å². The molecule has 4 nitrogen and oxygen atoms in total. The van der Waals surface area contributed by atoms with Crippen LogP contribution in [0.5, 0.6) is 0 Å². The fourth-order valence-corrected chi connectivity index (χ4v) is 2.03. The van der Waals surface area contributed by atoms with Crippen molar-refractivity contribution in [2.24, 2.45) is 12.8 Å². The predicted molar refractivity (Wildman–Crippen MR) is 68.6 cm³/mol. The third kappa shape index (κ3) is 2.65. The number of aromatic nitrogens is 2. The summed E-state index contributed by atoms with van der Waals surface area (Å²) in [4.78, 5) is 4.33. The number of aryl methyl sites for hydroxylation is 1. The third-order valence-corrected chi connectivity index (χ3v) is 3.10. The SMILES string of the molecule is Cn1cnc2cc(C(N)CCCCO)ccc21. The van der Waals surface area contributed by atoms with Gasteiger partial charge in [0.15, 0.2) is 0 Å². The van der Waals surface area contributed by atoms with Crippen molar-refractivity contribution in [1.29, 1.82) is 0 Å². The van der Waals surface area contributed by atoms with Crippen LogP contribution in [-0.4, -0.2) is 21.3 Å². The highest BCUT2D eigenvalue weighted by molar-refractivity contribution is 5.76. The molecule has 0 radical (unpaired) electrons. The van der Waals surface area contributed by atoms with Crippen molar-refractivity contribution in [2.45, 2.75) is 25.3 Å². The summed E-state index contributed by atoms with van der Waals surface area (Å²) in [5.41, 5.74) is 9.35. The fourth-order valence-electron chi connectivity index (χ4n) is 2.03. The van der Waals surface area contributed by atoms with Gasteiger partial charge in [0.25, 0.3) is 0 Å². The van der Waals surface area contributed by atoms with Gasteiger partial charge in [0, 0.05) is 19.7 Å². The summed E-state index contributed by atoms with van der Waals surface area (Å²) in [6.07, 6.45) is 4.49. The smallest absolute Gasteiger partial charge is 0.0955 e. The molecular formula is C13H19N3O. The fraction of sp³-hybridized carbons (Fsp3) is 0.462. The molecule has 2 rings (SSSR count). The highest BCUT2D eigenvalue weighted by Gasteiger charge is 2.08. The first-order chi connectivity index (χ1) is 8.22. The summed E-state index contributed by atoms with van der Waals surface area (Å²) in [6, 6.07) is 6.21. The van der Waals surface area contributed by atoms with E-state index in [9.17, 15) is 0 Å². The second kappa shape index (κ2) is 5.29. The topological polar surface area (TPSA) is 64.1 Å². The zero-order valence-electron chi connectivity index (χ0n) is 10.1. The van der Waals surface area contributed by atoms with E-state index in [2.05, 4.69) is 23.2 Å². The Kier molecular flexibility index (Phi) is 3.76. The lowest BCUT2D eigenvalue weighted by molar-refractivity contribution is 0.281. The quantitative estimate of drug-likeness (QED) is 0.773. The van der Waals surface area contributed by atoms with Crippen LogP contribution in [0.4, 0.5) is 0 Å². The minimum atomic E-state index is 0.0351. The van der Waals surface area contributed by atoms with Crippen LogP contribution in [0, 0.1) is 0 Å². The first kappa shape index (κ1) is 12.1. The Morgan fingerprint density at radius 2 is 2.24 bits per heavy atom. The average Bonchev–Trinajstić information content (AvgIpc) is 2.71. The largest absolute Gasteiger partial charge is 0.396 e. The number of hydrogen-bond donors (Lipinski definition) is 2. The van der Waals surface area contributed by atoms with E-state index in [0.717, 1.165) is 35.9 Å². The van der Waals surface area contributed by atoms with Crippen molar-refractivity contribution in [3.8, 4) is 0 Å². The molecule has 0 aliphatic heterocycles. The second-order valence-electron chi connectivity index (χ2n) is 4.43. The Labute approximate surface area is 101 Å². The Morgan fingerprint density at radius 3 is 3.00 bits per heavy atom. The normalized spacial score (nSPS) is 13.1. The standard InChI is InChI=1S/C13H19N3O/c1-16-9-15-12-8-10(5-6-13(12)16)11(14)4-2-3-7-17/h5-6,8-9,11,17H,2-4,7,14H2,1H3. The van der Waals surface area contributed by atoms with E-state index >= 15 is 0 Å². The van der Waals surface area contributed by atoms with Crippen LogP contribution >= 0.6 is 0 Å². The first-order valence-electron chi connectivity index (χ1n) is 6.00. The monoisotopic (exact) mass is 233 g/mol. The number of aliphatic hydroxyl groups is 1. The number of nitrogens with zero attached hydrogens (tertiary/aromatic N) is 2. The summed E-state index contributed by atoms with van der Waals surface area (Å²) < 4.78 is 2.00. The van der Waals surface area contributed by atoms with Crippen LogP contribution in [-0.2, 0) is 7.05 Å². The summed E-state index contributed by atoms with van der Waals surface area (Å²) >= 11 is 0. The highest BCUT2D eigenvalue weighted by Crippen LogP contribution is 2.21. The number of imidazole rings is 1. The lowest BCUT2D eigenvalue weighted by atomic mass is 10.0. The van der Waals surface area contributed by atoms with Crippen LogP contribution < -0.4 is 5.73 Å². The van der Waals surface area contributed by atoms with Gasteiger partial charge in [0.1, 0.15) is 0 Å². The van der Waals surface area contributed by atoms with Crippen LogP contribution in [0.15, 0.2) is 24.5 Å². The molecule has 4 heteroatoms. The molecular weight excluding hydrogens is 214 g/mol. The summed E-state index contributed by atoms with van der Waals surface area (Å²) in [7, 11) is 1.98. The molecule has 1 aromatic carbocycles. The molecule has 2 aromatic rings. The maximum atomic E-state index is 8.74. The number of aliphatic hydroxyl groups excluding tert-OH is 1. The predicted octanol–water partition coefficient (Wildman–Crippen LogP) is 1.74. The minimum Gasteiger partial charge on any atom is -0.396 e. The highest BCUT2D eigenvalue weighted by atomic mass is 16.2. The van der Waals surface area contributed by atoms with Crippen molar-refractivity contribution >= 4 is 11.0 Å². The number of hydrogen-bond acceptors (Lipinski definition) is 3. The molecule has 0 spiro atoms. The molecule has 92 valence electrons. The average molecular weight is 233 g/mol. The number of rotatable bonds is 5. The van der Waals surface area contributed by atoms with Gasteiger partial charge in [0.05, 0.1) is 17.4 Å². The molecule has 1 atom stereocenters. The Morgan fingerprint density at radius 1 is 1.41 bits per heavy atom. The number of unbranched alkanes of at least 4 members (excludes halogenated alkanes) is 1. The zero-order valence-corrected chi connectivity index (χ0v) is 10.1. The molecule has 0 bridgehead atoms. The van der Waals surface area contributed by atoms with E-state index < -0.39 is 0 Å². The summed E-state index contributed by atoms with van der Waals surface area (Å²) in [5, 5.41) is 8.74. The minimum absolute atomic E-state index is 0.0351. The molecule has 1 unspecified atom stereocenters. The molecule has 0 saturated heterocycles. The lowest BCUT2D eigenvalue weighted by Gasteiger charge is -2.11. The molecule has 3 N–H and O–H groups in total. The van der Waals surface area contributed by atoms with Crippen molar-refractivity contribution in [3.63, 3.8) is 0 Å². The maximum absolute atomic E-state index is 8.74. The first-order valence-corrected chi connectivity index (χ1v) is 6.00. The number of benzene rings is 1. The van der Waals surface area contributed by atoms with E-state index in [-0.39, 0.29) is 12.6 Å². The van der Waals surface area contributed by atoms with Crippen molar-refractivity contribution in [3.05, 3.63) is 30.1 Å². The molecule has 17 heavy (non-hydrogen) atoms. The van der Waals surface area contributed by atoms with Crippen LogP contribution in [0.25, 0.3) is 11.0 Å². The molecule has 0 amide bonds. The summed E-state index contributed by atoms with van der Waals surface area (Å²) in [5.74, 6) is 0. The Bertz CT molecular complexity index is 492. The third-order valence-electron chi connectivity index (χ3n) is 3.10. The van der Waals surface area contributed by atoms with Crippen molar-refractivity contribution in [2.75, 3.05) is 6.61 Å². The summed E-state index contributed by atoms with van der Waals surface area (Å²) in [6.45, 7) is 0.242. The van der Waals surface area contributed by atoms with Gasteiger partial charge in [-0.05, 0) is 37.0 Å². The zero-order chi connectivity index (χ0) is 12.3. The van der Waals surface area contributed by atoms with E-state index in [1.807, 2.05) is 17.9 Å². The molecule has 0 saturated carbocycles. The van der Waals surface area contributed by atoms with E-state index in [1.54, 1.807) is 0 Å². The number of fused-ring (bicyclic) bond motifs is 1. The van der Waals surface area contributed by atoms with Crippen LogP contribution in [0.3, 0.4) is 0 Å². The van der Waals surface area contributed by atoms with Crippen LogP contribution in [0.1, 0.15) is 30.9 Å². The Balaban J connectivity index is 2.12. The molecule has 0 fully saturated rings. The van der Waals surface area contributed by atoms with Gasteiger partial charge in [0.2, 0.25) is 0 Å². The maximum Gasteiger partial charge on any atom is 0.0955 e. The molecule has 1 aromatic heterocycles. The van der Waals surface area contributed by atoms with Gasteiger partial charge in [-0.2, -0.15) is 0 Å². The van der Waals surface area contributed by atoms with Crippen molar-refractivity contribution < 1.29 is 5.11 Å². The van der Waals surface area contributed by atoms with Crippen molar-refractivity contribution in [1.82, 2.24) is 9.55 Å². The van der Waals surface area contributed by atoms with E-state index in [4.69, 9.17) is 10.8 Å². The van der Waals surface area contributed by atoms with Gasteiger partial charge < -0.3 is 15.4 Å². The van der Waals surface area contributed by atoms with Gasteiger partial charge in [-0.1, -0.05) is 6.07 Å². The Hall–Kier alpha value is -1.39. The van der Waals surface area contributed by atoms with Gasteiger partial charge in [-0.3, -0.25) is 0 Å². The number of nitrogens with two attached hydrogens (primary N) is 1. The van der Waals surface area contributed by atoms with Crippen LogP contribution in [0.2, 0.25) is 0 Å². The molecule has 1 heterocycles. The lowest BCUT2D eigenvalue weighted by Crippen LogP contribution is -2.10. The van der Waals surface area contributed by atoms with E-state index in [0.29, 0.717) is 0 Å². The van der Waals surface area contributed by atoms with Gasteiger partial charge in [-0.15, -0.1) is 0 Å². The molecule has 0 aliphatic rings. The van der Waals surface area contributed by atoms with Gasteiger partial charge in [-0.25, -0.2) is 4.98 Å². The second-order valence-corrected chi connectivity index (χ2v) is 4.43. The van der Waals surface area contributed by atoms with Gasteiger partial charge >= 0.3 is 0 Å².